The Kier molecular flexibility index (Phi) is 3.51. The molecule has 51 valence electrons. The Balaban J connectivity index is 3.39. The number of hydrogen-bond acceptors (Lipinski definition) is 2. The van der Waals surface area contributed by atoms with Crippen LogP contribution in [0.15, 0.2) is 5.70 Å². The van der Waals surface area contributed by atoms with Gasteiger partial charge in [0.15, 0.2) is 0 Å². The van der Waals surface area contributed by atoms with Crippen LogP contribution in [0.1, 0.15) is 13.8 Å². The molecule has 0 atom stereocenters. The van der Waals surface area contributed by atoms with Crippen LogP contribution in [0.2, 0.25) is 0 Å². The van der Waals surface area contributed by atoms with E-state index in [0.717, 1.165) is 0 Å². The highest BCUT2D eigenvalue weighted by atomic mass is 16.5. The Hall–Kier alpha value is -0.990. The topological polar surface area (TPSA) is 38.3 Å². The van der Waals surface area contributed by atoms with Crippen molar-refractivity contribution in [1.82, 2.24) is 5.32 Å². The van der Waals surface area contributed by atoms with E-state index in [0.29, 0.717) is 12.3 Å². The molecular weight excluding hydrogens is 118 g/mol. The number of rotatable bonds is 2. The summed E-state index contributed by atoms with van der Waals surface area (Å²) in [7, 11) is 0. The molecule has 0 aromatic heterocycles. The highest BCUT2D eigenvalue weighted by Gasteiger charge is 1.96. The van der Waals surface area contributed by atoms with Gasteiger partial charge in [-0.1, -0.05) is 0 Å². The van der Waals surface area contributed by atoms with Crippen molar-refractivity contribution >= 4 is 6.09 Å². The zero-order valence-electron chi connectivity index (χ0n) is 5.60. The predicted molar refractivity (Wildman–Crippen MR) is 33.6 cm³/mol. The Bertz CT molecular complexity index is 120. The standard InChI is InChI=1S/C6H10NO2/c1-4-9-6(8)7-5(2)3/h2H,4H2,1,3H3,(H,7,8). The van der Waals surface area contributed by atoms with Gasteiger partial charge in [0.2, 0.25) is 0 Å². The number of alkyl carbamates (subject to hydrolysis) is 1. The lowest BCUT2D eigenvalue weighted by atomic mass is 10.6. The monoisotopic (exact) mass is 128 g/mol. The second-order valence-electron chi connectivity index (χ2n) is 1.53. The minimum absolute atomic E-state index is 0.341. The first-order chi connectivity index (χ1) is 4.16. The largest absolute Gasteiger partial charge is 0.450 e. The van der Waals surface area contributed by atoms with Crippen LogP contribution in [0, 0.1) is 6.58 Å². The first-order valence-electron chi connectivity index (χ1n) is 2.69. The summed E-state index contributed by atoms with van der Waals surface area (Å²) < 4.78 is 4.50. The number of hydrogen-bond donors (Lipinski definition) is 1. The second kappa shape index (κ2) is 3.95. The second-order valence-corrected chi connectivity index (χ2v) is 1.53. The van der Waals surface area contributed by atoms with Gasteiger partial charge in [0.25, 0.3) is 0 Å². The van der Waals surface area contributed by atoms with E-state index in [4.69, 9.17) is 6.58 Å². The van der Waals surface area contributed by atoms with Gasteiger partial charge in [0.05, 0.1) is 6.61 Å². The number of amides is 1. The Labute approximate surface area is 54.7 Å². The highest BCUT2D eigenvalue weighted by Crippen LogP contribution is 1.81. The average molecular weight is 128 g/mol. The number of carbonyl (C=O) groups excluding carboxylic acids is 1. The molecule has 0 saturated heterocycles. The Morgan fingerprint density at radius 2 is 2.33 bits per heavy atom. The third-order valence-electron chi connectivity index (χ3n) is 0.575. The SMILES string of the molecule is [CH]=C(C)NC(=O)OCC. The molecule has 3 heteroatoms. The lowest BCUT2D eigenvalue weighted by molar-refractivity contribution is 0.155. The molecule has 0 aromatic rings. The molecule has 0 aliphatic rings. The molecule has 0 heterocycles. The summed E-state index contributed by atoms with van der Waals surface area (Å²) in [6, 6.07) is 0. The van der Waals surface area contributed by atoms with Gasteiger partial charge in [-0.25, -0.2) is 4.79 Å². The van der Waals surface area contributed by atoms with Crippen molar-refractivity contribution in [2.45, 2.75) is 13.8 Å². The molecule has 0 unspecified atom stereocenters. The van der Waals surface area contributed by atoms with E-state index in [9.17, 15) is 4.79 Å². The van der Waals surface area contributed by atoms with Gasteiger partial charge in [-0.05, 0) is 20.4 Å². The summed E-state index contributed by atoms with van der Waals surface area (Å²) >= 11 is 0. The van der Waals surface area contributed by atoms with E-state index in [-0.39, 0.29) is 0 Å². The van der Waals surface area contributed by atoms with E-state index >= 15 is 0 Å². The van der Waals surface area contributed by atoms with Gasteiger partial charge in [0.1, 0.15) is 0 Å². The molecule has 0 saturated carbocycles. The molecular formula is C6H10NO2. The molecule has 1 radical (unpaired) electrons. The molecule has 0 aliphatic carbocycles. The molecule has 0 fully saturated rings. The molecule has 0 aliphatic heterocycles. The van der Waals surface area contributed by atoms with Crippen LogP contribution in [0.4, 0.5) is 4.79 Å². The fourth-order valence-corrected chi connectivity index (χ4v) is 0.328. The van der Waals surface area contributed by atoms with Gasteiger partial charge < -0.3 is 4.74 Å². The molecule has 0 spiro atoms. The van der Waals surface area contributed by atoms with Gasteiger partial charge in [-0.2, -0.15) is 0 Å². The minimum atomic E-state index is -0.502. The normalized spacial score (nSPS) is 8.22. The van der Waals surface area contributed by atoms with E-state index in [1.54, 1.807) is 13.8 Å². The number of carbonyl (C=O) groups is 1. The fraction of sp³-hybridized carbons (Fsp3) is 0.500. The van der Waals surface area contributed by atoms with Crippen molar-refractivity contribution in [1.29, 1.82) is 0 Å². The lowest BCUT2D eigenvalue weighted by Crippen LogP contribution is -2.21. The quantitative estimate of drug-likeness (QED) is 0.604. The number of allylic oxidation sites excluding steroid dienone is 1. The smallest absolute Gasteiger partial charge is 0.411 e. The fourth-order valence-electron chi connectivity index (χ4n) is 0.328. The summed E-state index contributed by atoms with van der Waals surface area (Å²) in [5.74, 6) is 0. The lowest BCUT2D eigenvalue weighted by Gasteiger charge is -2.01. The van der Waals surface area contributed by atoms with Crippen LogP contribution < -0.4 is 5.32 Å². The molecule has 0 rings (SSSR count). The number of nitrogens with one attached hydrogen (secondary N) is 1. The third-order valence-corrected chi connectivity index (χ3v) is 0.575. The predicted octanol–water partition coefficient (Wildman–Crippen LogP) is 1.07. The zero-order chi connectivity index (χ0) is 7.28. The summed E-state index contributed by atoms with van der Waals surface area (Å²) in [4.78, 5) is 10.4. The third kappa shape index (κ3) is 4.87. The maximum atomic E-state index is 10.4. The van der Waals surface area contributed by atoms with Crippen LogP contribution in [-0.4, -0.2) is 12.7 Å². The first-order valence-corrected chi connectivity index (χ1v) is 2.69. The molecule has 0 bridgehead atoms. The summed E-state index contributed by atoms with van der Waals surface area (Å²) in [6.07, 6.45) is -0.502. The van der Waals surface area contributed by atoms with Gasteiger partial charge in [0, 0.05) is 5.70 Å². The van der Waals surface area contributed by atoms with Gasteiger partial charge in [-0.15, -0.1) is 0 Å². The van der Waals surface area contributed by atoms with E-state index in [1.807, 2.05) is 0 Å². The average Bonchev–Trinajstić information content (AvgIpc) is 1.63. The number of ether oxygens (including phenoxy) is 1. The van der Waals surface area contributed by atoms with E-state index in [1.165, 1.54) is 0 Å². The van der Waals surface area contributed by atoms with Crippen molar-refractivity contribution in [2.75, 3.05) is 6.61 Å². The highest BCUT2D eigenvalue weighted by molar-refractivity contribution is 5.68. The summed E-state index contributed by atoms with van der Waals surface area (Å²) in [5, 5.41) is 2.28. The maximum Gasteiger partial charge on any atom is 0.411 e. The van der Waals surface area contributed by atoms with Crippen molar-refractivity contribution in [2.24, 2.45) is 0 Å². The van der Waals surface area contributed by atoms with Crippen LogP contribution in [0.3, 0.4) is 0 Å². The minimum Gasteiger partial charge on any atom is -0.450 e. The summed E-state index contributed by atoms with van der Waals surface area (Å²) in [5.41, 5.74) is 0.341. The molecule has 9 heavy (non-hydrogen) atoms. The van der Waals surface area contributed by atoms with Gasteiger partial charge in [-0.3, -0.25) is 5.32 Å². The van der Waals surface area contributed by atoms with E-state index < -0.39 is 6.09 Å². The first kappa shape index (κ1) is 8.01. The molecule has 3 nitrogen and oxygen atoms in total. The van der Waals surface area contributed by atoms with Crippen molar-refractivity contribution in [3.8, 4) is 0 Å². The molecule has 0 aromatic carbocycles. The van der Waals surface area contributed by atoms with Gasteiger partial charge >= 0.3 is 6.09 Å². The van der Waals surface area contributed by atoms with Crippen LogP contribution in [-0.2, 0) is 4.74 Å². The van der Waals surface area contributed by atoms with Crippen molar-refractivity contribution in [3.63, 3.8) is 0 Å². The Morgan fingerprint density at radius 1 is 1.78 bits per heavy atom. The van der Waals surface area contributed by atoms with Crippen molar-refractivity contribution in [3.05, 3.63) is 12.3 Å². The molecule has 1 N–H and O–H groups in total. The zero-order valence-corrected chi connectivity index (χ0v) is 5.60. The maximum absolute atomic E-state index is 10.4. The van der Waals surface area contributed by atoms with Crippen LogP contribution >= 0.6 is 0 Å². The van der Waals surface area contributed by atoms with Crippen LogP contribution in [0.25, 0.3) is 0 Å². The summed E-state index contributed by atoms with van der Waals surface area (Å²) in [6.45, 7) is 8.80. The Morgan fingerprint density at radius 3 is 2.67 bits per heavy atom. The molecule has 1 amide bonds. The van der Waals surface area contributed by atoms with Crippen LogP contribution in [0.5, 0.6) is 0 Å². The van der Waals surface area contributed by atoms with E-state index in [2.05, 4.69) is 10.1 Å². The van der Waals surface area contributed by atoms with Crippen molar-refractivity contribution < 1.29 is 9.53 Å².